The number of guanidine groups is 1. The Morgan fingerprint density at radius 3 is 2.48 bits per heavy atom. The summed E-state index contributed by atoms with van der Waals surface area (Å²) in [6, 6.07) is 5.97. The second-order valence-electron chi connectivity index (χ2n) is 4.99. The first-order valence-electron chi connectivity index (χ1n) is 7.46. The van der Waals surface area contributed by atoms with Crippen LogP contribution in [0.4, 0.5) is 0 Å². The first kappa shape index (κ1) is 19.8. The van der Waals surface area contributed by atoms with Gasteiger partial charge in [0.2, 0.25) is 0 Å². The number of aryl methyl sites for hydroxylation is 2. The third-order valence-electron chi connectivity index (χ3n) is 3.27. The fraction of sp³-hybridized carbons (Fsp3) is 0.438. The molecule has 0 bridgehead atoms. The van der Waals surface area contributed by atoms with Gasteiger partial charge in [0.25, 0.3) is 0 Å². The molecule has 0 radical (unpaired) electrons. The lowest BCUT2D eigenvalue weighted by Crippen LogP contribution is -2.39. The van der Waals surface area contributed by atoms with Gasteiger partial charge in [0.15, 0.2) is 5.96 Å². The van der Waals surface area contributed by atoms with Crippen molar-refractivity contribution in [3.63, 3.8) is 0 Å². The largest absolute Gasteiger partial charge is 0.356 e. The molecule has 0 aliphatic rings. The minimum Gasteiger partial charge on any atom is -0.356 e. The van der Waals surface area contributed by atoms with Crippen LogP contribution < -0.4 is 10.6 Å². The Morgan fingerprint density at radius 2 is 1.91 bits per heavy atom. The van der Waals surface area contributed by atoms with Crippen LogP contribution in [-0.2, 0) is 12.8 Å². The molecule has 0 unspecified atom stereocenters. The molecule has 2 rings (SSSR count). The average Bonchev–Trinajstić information content (AvgIpc) is 2.84. The van der Waals surface area contributed by atoms with Crippen molar-refractivity contribution in [1.82, 2.24) is 20.6 Å². The number of hydrogen-bond donors (Lipinski definition) is 2. The van der Waals surface area contributed by atoms with Crippen molar-refractivity contribution in [3.05, 3.63) is 45.7 Å². The van der Waals surface area contributed by atoms with E-state index in [4.69, 9.17) is 0 Å². The maximum absolute atomic E-state index is 4.45. The normalized spacial score (nSPS) is 11.0. The molecule has 0 aliphatic heterocycles. The molecule has 2 aromatic rings. The summed E-state index contributed by atoms with van der Waals surface area (Å²) >= 11 is 1.77. The van der Waals surface area contributed by atoms with Gasteiger partial charge < -0.3 is 10.6 Å². The molecule has 0 saturated carbocycles. The van der Waals surface area contributed by atoms with Gasteiger partial charge in [0.05, 0.1) is 10.7 Å². The molecule has 23 heavy (non-hydrogen) atoms. The zero-order valence-electron chi connectivity index (χ0n) is 13.8. The number of thiazole rings is 1. The van der Waals surface area contributed by atoms with Crippen molar-refractivity contribution < 1.29 is 0 Å². The summed E-state index contributed by atoms with van der Waals surface area (Å²) in [4.78, 5) is 14.3. The zero-order valence-corrected chi connectivity index (χ0v) is 16.9. The first-order chi connectivity index (χ1) is 10.7. The van der Waals surface area contributed by atoms with Gasteiger partial charge in [-0.1, -0.05) is 6.07 Å². The van der Waals surface area contributed by atoms with E-state index in [0.29, 0.717) is 0 Å². The second-order valence-corrected chi connectivity index (χ2v) is 6.28. The monoisotopic (exact) mass is 445 g/mol. The molecule has 2 aromatic heterocycles. The van der Waals surface area contributed by atoms with E-state index in [1.54, 1.807) is 18.4 Å². The molecule has 0 aliphatic carbocycles. The number of rotatable bonds is 6. The molecule has 0 saturated heterocycles. The fourth-order valence-corrected chi connectivity index (χ4v) is 3.11. The number of aromatic nitrogens is 2. The van der Waals surface area contributed by atoms with Gasteiger partial charge in [-0.25, -0.2) is 4.98 Å². The number of nitrogens with zero attached hydrogens (tertiary/aromatic N) is 3. The summed E-state index contributed by atoms with van der Waals surface area (Å²) in [5.74, 6) is 0.829. The van der Waals surface area contributed by atoms with E-state index in [-0.39, 0.29) is 24.0 Å². The zero-order chi connectivity index (χ0) is 15.8. The van der Waals surface area contributed by atoms with E-state index in [1.165, 1.54) is 4.88 Å². The number of pyridine rings is 1. The van der Waals surface area contributed by atoms with Crippen LogP contribution in [0.1, 0.15) is 21.3 Å². The molecule has 2 heterocycles. The summed E-state index contributed by atoms with van der Waals surface area (Å²) < 4.78 is 0. The van der Waals surface area contributed by atoms with Crippen molar-refractivity contribution in [2.24, 2.45) is 4.99 Å². The van der Waals surface area contributed by atoms with Crippen LogP contribution in [0.25, 0.3) is 0 Å². The quantitative estimate of drug-likeness (QED) is 0.408. The summed E-state index contributed by atoms with van der Waals surface area (Å²) in [7, 11) is 1.79. The van der Waals surface area contributed by atoms with Gasteiger partial charge >= 0.3 is 0 Å². The third kappa shape index (κ3) is 6.82. The van der Waals surface area contributed by atoms with Crippen LogP contribution in [0.15, 0.2) is 29.4 Å². The summed E-state index contributed by atoms with van der Waals surface area (Å²) in [6.45, 7) is 5.78. The van der Waals surface area contributed by atoms with Gasteiger partial charge in [0.1, 0.15) is 0 Å². The number of aliphatic imine (C=N–C) groups is 1. The Hall–Kier alpha value is -1.22. The van der Waals surface area contributed by atoms with E-state index in [9.17, 15) is 0 Å². The highest BCUT2D eigenvalue weighted by Gasteiger charge is 2.05. The Bertz CT molecular complexity index is 612. The van der Waals surface area contributed by atoms with Gasteiger partial charge in [-0.15, -0.1) is 35.3 Å². The topological polar surface area (TPSA) is 62.2 Å². The molecule has 5 nitrogen and oxygen atoms in total. The van der Waals surface area contributed by atoms with Crippen molar-refractivity contribution in [2.45, 2.75) is 26.7 Å². The fourth-order valence-electron chi connectivity index (χ4n) is 2.18. The van der Waals surface area contributed by atoms with Gasteiger partial charge in [-0.2, -0.15) is 0 Å². The average molecular weight is 445 g/mol. The lowest BCUT2D eigenvalue weighted by atomic mass is 10.3. The van der Waals surface area contributed by atoms with E-state index in [1.807, 2.05) is 31.3 Å². The van der Waals surface area contributed by atoms with Crippen LogP contribution in [0.5, 0.6) is 0 Å². The van der Waals surface area contributed by atoms with Gasteiger partial charge in [-0.05, 0) is 26.0 Å². The minimum atomic E-state index is 0. The van der Waals surface area contributed by atoms with Gasteiger partial charge in [-0.3, -0.25) is 9.98 Å². The Morgan fingerprint density at radius 1 is 1.17 bits per heavy atom. The first-order valence-corrected chi connectivity index (χ1v) is 8.28. The van der Waals surface area contributed by atoms with Crippen LogP contribution in [0, 0.1) is 13.8 Å². The number of halogens is 1. The Labute approximate surface area is 159 Å². The van der Waals surface area contributed by atoms with E-state index in [0.717, 1.165) is 48.3 Å². The Balaban J connectivity index is 0.00000264. The predicted molar refractivity (Wildman–Crippen MR) is 108 cm³/mol. The van der Waals surface area contributed by atoms with Crippen molar-refractivity contribution in [1.29, 1.82) is 0 Å². The summed E-state index contributed by atoms with van der Waals surface area (Å²) in [5, 5.41) is 7.78. The smallest absolute Gasteiger partial charge is 0.191 e. The molecule has 2 N–H and O–H groups in total. The molecule has 0 atom stereocenters. The lowest BCUT2D eigenvalue weighted by Gasteiger charge is -2.11. The third-order valence-corrected chi connectivity index (χ3v) is 4.40. The van der Waals surface area contributed by atoms with Crippen LogP contribution in [-0.4, -0.2) is 36.1 Å². The molecule has 126 valence electrons. The minimum absolute atomic E-state index is 0. The maximum atomic E-state index is 4.45. The highest BCUT2D eigenvalue weighted by molar-refractivity contribution is 14.0. The summed E-state index contributed by atoms with van der Waals surface area (Å²) in [6.07, 6.45) is 3.68. The van der Waals surface area contributed by atoms with E-state index < -0.39 is 0 Å². The molecular formula is C16H24IN5S. The SMILES string of the molecule is CN=C(NCCc1ccccn1)NCCc1sc(C)nc1C.I. The maximum Gasteiger partial charge on any atom is 0.191 e. The highest BCUT2D eigenvalue weighted by atomic mass is 127. The molecule has 0 aromatic carbocycles. The van der Waals surface area contributed by atoms with Crippen molar-refractivity contribution >= 4 is 41.3 Å². The van der Waals surface area contributed by atoms with Crippen molar-refractivity contribution in [3.8, 4) is 0 Å². The van der Waals surface area contributed by atoms with Gasteiger partial charge in [0, 0.05) is 49.7 Å². The van der Waals surface area contributed by atoms with Crippen molar-refractivity contribution in [2.75, 3.05) is 20.1 Å². The standard InChI is InChI=1S/C16H23N5S.HI/c1-12-15(22-13(2)21-12)8-11-20-16(17-3)19-10-7-14-6-4-5-9-18-14;/h4-6,9H,7-8,10-11H2,1-3H3,(H2,17,19,20);1H. The molecule has 7 heteroatoms. The second kappa shape index (κ2) is 10.5. The number of hydrogen-bond acceptors (Lipinski definition) is 4. The van der Waals surface area contributed by atoms with Crippen LogP contribution >= 0.6 is 35.3 Å². The molecular weight excluding hydrogens is 421 g/mol. The van der Waals surface area contributed by atoms with E-state index in [2.05, 4.69) is 32.5 Å². The predicted octanol–water partition coefficient (Wildman–Crippen LogP) is 2.72. The van der Waals surface area contributed by atoms with E-state index >= 15 is 0 Å². The highest BCUT2D eigenvalue weighted by Crippen LogP contribution is 2.16. The molecule has 0 fully saturated rings. The molecule has 0 amide bonds. The molecule has 0 spiro atoms. The summed E-state index contributed by atoms with van der Waals surface area (Å²) in [5.41, 5.74) is 2.23. The van der Waals surface area contributed by atoms with Crippen LogP contribution in [0.3, 0.4) is 0 Å². The lowest BCUT2D eigenvalue weighted by molar-refractivity contribution is 0.777. The number of nitrogens with one attached hydrogen (secondary N) is 2. The van der Waals surface area contributed by atoms with Crippen LogP contribution in [0.2, 0.25) is 0 Å². The Kier molecular flexibility index (Phi) is 9.08.